The number of carbonyl (C=O) groups is 1. The number of hydrogen-bond acceptors (Lipinski definition) is 5. The zero-order valence-electron chi connectivity index (χ0n) is 16.9. The first-order chi connectivity index (χ1) is 13.6. The highest BCUT2D eigenvalue weighted by atomic mass is 32.2. The first kappa shape index (κ1) is 18.3. The van der Waals surface area contributed by atoms with Gasteiger partial charge in [-0.1, -0.05) is 11.8 Å². The van der Waals surface area contributed by atoms with E-state index in [4.69, 9.17) is 0 Å². The Labute approximate surface area is 170 Å². The molecule has 3 aliphatic rings. The summed E-state index contributed by atoms with van der Waals surface area (Å²) in [7, 11) is 0. The van der Waals surface area contributed by atoms with Gasteiger partial charge in [0.05, 0.1) is 5.75 Å². The second-order valence-electron chi connectivity index (χ2n) is 8.53. The van der Waals surface area contributed by atoms with E-state index in [0.717, 1.165) is 35.5 Å². The molecular weight excluding hydrogens is 370 g/mol. The van der Waals surface area contributed by atoms with E-state index >= 15 is 0 Å². The van der Waals surface area contributed by atoms with E-state index in [1.54, 1.807) is 11.8 Å². The Morgan fingerprint density at radius 3 is 2.39 bits per heavy atom. The van der Waals surface area contributed by atoms with Crippen LogP contribution in [-0.2, 0) is 0 Å². The fraction of sp³-hybridized carbons (Fsp3) is 0.667. The van der Waals surface area contributed by atoms with Crippen molar-refractivity contribution < 1.29 is 4.79 Å². The molecule has 2 saturated carbocycles. The average molecular weight is 400 g/mol. The molecule has 150 valence electrons. The lowest BCUT2D eigenvalue weighted by Crippen LogP contribution is -2.31. The van der Waals surface area contributed by atoms with Crippen LogP contribution in [0.1, 0.15) is 78.8 Å². The highest BCUT2D eigenvalue weighted by Crippen LogP contribution is 2.42. The van der Waals surface area contributed by atoms with E-state index < -0.39 is 0 Å². The molecule has 0 bridgehead atoms. The number of carbonyl (C=O) groups excluding carboxylic acids is 1. The molecule has 2 aliphatic carbocycles. The van der Waals surface area contributed by atoms with Gasteiger partial charge < -0.3 is 9.47 Å². The van der Waals surface area contributed by atoms with Crippen LogP contribution in [0.3, 0.4) is 0 Å². The van der Waals surface area contributed by atoms with Gasteiger partial charge in [-0.25, -0.2) is 0 Å². The van der Waals surface area contributed by atoms with E-state index in [1.165, 1.54) is 50.6 Å². The summed E-state index contributed by atoms with van der Waals surface area (Å²) in [6, 6.07) is 3.20. The largest absolute Gasteiger partial charge is 0.345 e. The van der Waals surface area contributed by atoms with E-state index in [0.29, 0.717) is 17.8 Å². The Kier molecular flexibility index (Phi) is 4.73. The predicted octanol–water partition coefficient (Wildman–Crippen LogP) is 4.33. The number of anilines is 1. The van der Waals surface area contributed by atoms with Gasteiger partial charge in [0.2, 0.25) is 5.95 Å². The molecule has 0 unspecified atom stereocenters. The molecule has 2 aromatic heterocycles. The van der Waals surface area contributed by atoms with Crippen LogP contribution in [0.4, 0.5) is 5.95 Å². The molecule has 0 radical (unpaired) electrons. The number of thioether (sulfide) groups is 1. The molecule has 7 heteroatoms. The van der Waals surface area contributed by atoms with Crippen molar-refractivity contribution >= 4 is 23.5 Å². The molecule has 1 saturated heterocycles. The van der Waals surface area contributed by atoms with Crippen molar-refractivity contribution in [3.05, 3.63) is 23.0 Å². The monoisotopic (exact) mass is 399 g/mol. The summed E-state index contributed by atoms with van der Waals surface area (Å²) in [5.41, 5.74) is 3.22. The standard InChI is InChI=1S/C21H29N5OS/c1-14-12-18(15(2)25(14)16-6-7-16)19(27)13-28-21-23-22-20(26(21)17-8-9-17)24-10-4-3-5-11-24/h12,16-17H,3-11,13H2,1-2H3. The van der Waals surface area contributed by atoms with Crippen molar-refractivity contribution in [2.24, 2.45) is 0 Å². The Morgan fingerprint density at radius 2 is 1.71 bits per heavy atom. The number of nitrogens with zero attached hydrogens (tertiary/aromatic N) is 5. The third-order valence-corrected chi connectivity index (χ3v) is 7.17. The summed E-state index contributed by atoms with van der Waals surface area (Å²) in [4.78, 5) is 15.3. The molecule has 3 heterocycles. The van der Waals surface area contributed by atoms with Crippen molar-refractivity contribution in [3.8, 4) is 0 Å². The van der Waals surface area contributed by atoms with Crippen molar-refractivity contribution in [2.75, 3.05) is 23.7 Å². The van der Waals surface area contributed by atoms with Crippen LogP contribution >= 0.6 is 11.8 Å². The van der Waals surface area contributed by atoms with Crippen LogP contribution in [0.15, 0.2) is 11.2 Å². The summed E-state index contributed by atoms with van der Waals surface area (Å²) in [6.07, 6.45) is 8.64. The van der Waals surface area contributed by atoms with Crippen molar-refractivity contribution in [2.45, 2.75) is 76.0 Å². The highest BCUT2D eigenvalue weighted by molar-refractivity contribution is 7.99. The number of aryl methyl sites for hydroxylation is 1. The van der Waals surface area contributed by atoms with E-state index in [-0.39, 0.29) is 5.78 Å². The van der Waals surface area contributed by atoms with Gasteiger partial charge in [-0.3, -0.25) is 9.36 Å². The summed E-state index contributed by atoms with van der Waals surface area (Å²) >= 11 is 1.55. The van der Waals surface area contributed by atoms with Crippen molar-refractivity contribution in [1.29, 1.82) is 0 Å². The minimum absolute atomic E-state index is 0.204. The van der Waals surface area contributed by atoms with Crippen molar-refractivity contribution in [3.63, 3.8) is 0 Å². The van der Waals surface area contributed by atoms with Gasteiger partial charge in [-0.05, 0) is 64.9 Å². The molecule has 0 atom stereocenters. The Morgan fingerprint density at radius 1 is 1.04 bits per heavy atom. The summed E-state index contributed by atoms with van der Waals surface area (Å²) in [5.74, 6) is 1.65. The average Bonchev–Trinajstić information content (AvgIpc) is 3.64. The zero-order valence-corrected chi connectivity index (χ0v) is 17.7. The maximum Gasteiger partial charge on any atom is 0.228 e. The molecule has 2 aromatic rings. The zero-order chi connectivity index (χ0) is 19.3. The van der Waals surface area contributed by atoms with Gasteiger partial charge in [0, 0.05) is 42.1 Å². The fourth-order valence-electron chi connectivity index (χ4n) is 4.49. The third kappa shape index (κ3) is 3.38. The molecule has 5 rings (SSSR count). The van der Waals surface area contributed by atoms with Gasteiger partial charge in [-0.2, -0.15) is 0 Å². The number of aromatic nitrogens is 4. The van der Waals surface area contributed by atoms with E-state index in [9.17, 15) is 4.79 Å². The minimum Gasteiger partial charge on any atom is -0.345 e. The quantitative estimate of drug-likeness (QED) is 0.512. The van der Waals surface area contributed by atoms with Gasteiger partial charge in [-0.15, -0.1) is 10.2 Å². The Bertz CT molecular complexity index is 887. The predicted molar refractivity (Wildman–Crippen MR) is 112 cm³/mol. The second-order valence-corrected chi connectivity index (χ2v) is 9.47. The van der Waals surface area contributed by atoms with E-state index in [1.807, 2.05) is 0 Å². The minimum atomic E-state index is 0.204. The van der Waals surface area contributed by atoms with Gasteiger partial charge in [0.15, 0.2) is 10.9 Å². The first-order valence-electron chi connectivity index (χ1n) is 10.7. The molecule has 0 N–H and O–H groups in total. The number of Topliss-reactive ketones (excluding diaryl/α,β-unsaturated/α-hetero) is 1. The smallest absolute Gasteiger partial charge is 0.228 e. The van der Waals surface area contributed by atoms with Crippen LogP contribution in [0.2, 0.25) is 0 Å². The number of ketones is 1. The maximum atomic E-state index is 13.0. The molecule has 6 nitrogen and oxygen atoms in total. The molecule has 28 heavy (non-hydrogen) atoms. The molecular formula is C21H29N5OS. The molecule has 3 fully saturated rings. The lowest BCUT2D eigenvalue weighted by Gasteiger charge is -2.27. The number of rotatable bonds is 7. The molecule has 0 amide bonds. The van der Waals surface area contributed by atoms with Crippen LogP contribution in [0.25, 0.3) is 0 Å². The van der Waals surface area contributed by atoms with Crippen LogP contribution in [0, 0.1) is 13.8 Å². The van der Waals surface area contributed by atoms with Crippen LogP contribution < -0.4 is 4.90 Å². The number of piperidine rings is 1. The third-order valence-electron chi connectivity index (χ3n) is 6.23. The molecule has 0 aromatic carbocycles. The first-order valence-corrected chi connectivity index (χ1v) is 11.7. The van der Waals surface area contributed by atoms with E-state index in [2.05, 4.69) is 44.1 Å². The molecule has 1 aliphatic heterocycles. The maximum absolute atomic E-state index is 13.0. The normalized spacial score (nSPS) is 20.0. The van der Waals surface area contributed by atoms with Crippen LogP contribution in [-0.4, -0.2) is 44.0 Å². The highest BCUT2D eigenvalue weighted by Gasteiger charge is 2.33. The number of hydrogen-bond donors (Lipinski definition) is 0. The van der Waals surface area contributed by atoms with Crippen LogP contribution in [0.5, 0.6) is 0 Å². The summed E-state index contributed by atoms with van der Waals surface area (Å²) in [5, 5.41) is 9.91. The Hall–Kier alpha value is -1.76. The second kappa shape index (κ2) is 7.25. The molecule has 0 spiro atoms. The lowest BCUT2D eigenvalue weighted by molar-refractivity contribution is 0.102. The van der Waals surface area contributed by atoms with Gasteiger partial charge >= 0.3 is 0 Å². The summed E-state index contributed by atoms with van der Waals surface area (Å²) < 4.78 is 4.65. The SMILES string of the molecule is Cc1cc(C(=O)CSc2nnc(N3CCCCC3)n2C2CC2)c(C)n1C1CC1. The van der Waals surface area contributed by atoms with Crippen molar-refractivity contribution in [1.82, 2.24) is 19.3 Å². The Balaban J connectivity index is 1.32. The lowest BCUT2D eigenvalue weighted by atomic mass is 10.1. The van der Waals surface area contributed by atoms with Gasteiger partial charge in [0.25, 0.3) is 0 Å². The summed E-state index contributed by atoms with van der Waals surface area (Å²) in [6.45, 7) is 6.34. The topological polar surface area (TPSA) is 56.0 Å². The fourth-order valence-corrected chi connectivity index (χ4v) is 5.38. The van der Waals surface area contributed by atoms with Gasteiger partial charge in [0.1, 0.15) is 0 Å².